The summed E-state index contributed by atoms with van der Waals surface area (Å²) in [7, 11) is 0. The minimum Gasteiger partial charge on any atom is -0.372 e. The van der Waals surface area contributed by atoms with Gasteiger partial charge in [-0.1, -0.05) is 0 Å². The molecule has 0 saturated carbocycles. The predicted molar refractivity (Wildman–Crippen MR) is 70.2 cm³/mol. The van der Waals surface area contributed by atoms with E-state index in [1.807, 2.05) is 6.92 Å². The molecule has 9 nitrogen and oxygen atoms in total. The lowest BCUT2D eigenvalue weighted by atomic mass is 10.2. The van der Waals surface area contributed by atoms with Gasteiger partial charge in [0.05, 0.1) is 10.6 Å². The Morgan fingerprint density at radius 1 is 1.45 bits per heavy atom. The summed E-state index contributed by atoms with van der Waals surface area (Å²) in [4.78, 5) is 21.9. The van der Waals surface area contributed by atoms with Crippen molar-refractivity contribution in [1.29, 1.82) is 0 Å². The number of hydrogen-bond acceptors (Lipinski definition) is 7. The second kappa shape index (κ2) is 5.51. The van der Waals surface area contributed by atoms with Crippen molar-refractivity contribution in [2.75, 3.05) is 11.9 Å². The number of anilines is 1. The zero-order chi connectivity index (χ0) is 14.7. The van der Waals surface area contributed by atoms with E-state index in [1.54, 1.807) is 6.92 Å². The van der Waals surface area contributed by atoms with Gasteiger partial charge in [-0.2, -0.15) is 0 Å². The van der Waals surface area contributed by atoms with Crippen molar-refractivity contribution in [3.63, 3.8) is 0 Å². The molecular weight excluding hydrogens is 266 g/mol. The Labute approximate surface area is 113 Å². The van der Waals surface area contributed by atoms with Gasteiger partial charge in [-0.25, -0.2) is 4.63 Å². The molecular formula is C11H13N5O4. The third-order valence-corrected chi connectivity index (χ3v) is 2.71. The summed E-state index contributed by atoms with van der Waals surface area (Å²) in [6, 6.07) is 2.25. The summed E-state index contributed by atoms with van der Waals surface area (Å²) in [5.74, 6) is -0.185. The number of nitrogens with zero attached hydrogens (tertiary/aromatic N) is 3. The SMILES string of the molecule is CCNC(=O)C(C)Nc1ccc([N+](=O)[O-])c2nonc12. The average Bonchev–Trinajstić information content (AvgIpc) is 2.88. The highest BCUT2D eigenvalue weighted by Gasteiger charge is 2.21. The molecule has 106 valence electrons. The molecule has 1 amide bonds. The van der Waals surface area contributed by atoms with E-state index < -0.39 is 11.0 Å². The molecule has 2 rings (SSSR count). The minimum atomic E-state index is -0.566. The van der Waals surface area contributed by atoms with Crippen molar-refractivity contribution < 1.29 is 14.3 Å². The van der Waals surface area contributed by atoms with Gasteiger partial charge in [-0.15, -0.1) is 0 Å². The average molecular weight is 279 g/mol. The van der Waals surface area contributed by atoms with Crippen LogP contribution in [0.15, 0.2) is 16.8 Å². The van der Waals surface area contributed by atoms with Gasteiger partial charge in [0.25, 0.3) is 0 Å². The van der Waals surface area contributed by atoms with Gasteiger partial charge >= 0.3 is 5.69 Å². The third-order valence-electron chi connectivity index (χ3n) is 2.71. The van der Waals surface area contributed by atoms with Crippen molar-refractivity contribution in [1.82, 2.24) is 15.6 Å². The first kappa shape index (κ1) is 13.7. The lowest BCUT2D eigenvalue weighted by Gasteiger charge is -2.14. The Hall–Kier alpha value is -2.71. The molecule has 0 radical (unpaired) electrons. The topological polar surface area (TPSA) is 123 Å². The fraction of sp³-hybridized carbons (Fsp3) is 0.364. The van der Waals surface area contributed by atoms with E-state index in [1.165, 1.54) is 12.1 Å². The normalized spacial score (nSPS) is 12.1. The van der Waals surface area contributed by atoms with Crippen molar-refractivity contribution in [2.45, 2.75) is 19.9 Å². The van der Waals surface area contributed by atoms with E-state index in [0.29, 0.717) is 12.2 Å². The Morgan fingerprint density at radius 3 is 2.80 bits per heavy atom. The summed E-state index contributed by atoms with van der Waals surface area (Å²) in [6.07, 6.45) is 0. The summed E-state index contributed by atoms with van der Waals surface area (Å²) >= 11 is 0. The molecule has 2 aromatic rings. The third kappa shape index (κ3) is 2.51. The van der Waals surface area contributed by atoms with Crippen LogP contribution in [0.2, 0.25) is 0 Å². The number of nitrogens with one attached hydrogen (secondary N) is 2. The highest BCUT2D eigenvalue weighted by molar-refractivity contribution is 5.95. The van der Waals surface area contributed by atoms with Gasteiger partial charge in [0.1, 0.15) is 6.04 Å². The first-order valence-corrected chi connectivity index (χ1v) is 5.98. The number of amides is 1. The molecule has 1 heterocycles. The molecule has 0 aliphatic rings. The van der Waals surface area contributed by atoms with E-state index >= 15 is 0 Å². The number of carbonyl (C=O) groups excluding carboxylic acids is 1. The van der Waals surface area contributed by atoms with Crippen LogP contribution in [0.4, 0.5) is 11.4 Å². The van der Waals surface area contributed by atoms with Gasteiger partial charge in [0.15, 0.2) is 5.52 Å². The van der Waals surface area contributed by atoms with Crippen LogP contribution in [-0.4, -0.2) is 33.7 Å². The van der Waals surface area contributed by atoms with Gasteiger partial charge in [0.2, 0.25) is 11.4 Å². The summed E-state index contributed by atoms with van der Waals surface area (Å²) < 4.78 is 4.54. The number of non-ortho nitro benzene ring substituents is 1. The fourth-order valence-electron chi connectivity index (χ4n) is 1.74. The van der Waals surface area contributed by atoms with E-state index in [0.717, 1.165) is 0 Å². The molecule has 0 aliphatic heterocycles. The van der Waals surface area contributed by atoms with E-state index in [9.17, 15) is 14.9 Å². The standard InChI is InChI=1S/C11H13N5O4/c1-3-12-11(17)6(2)13-7-4-5-8(16(18)19)10-9(7)14-20-15-10/h4-6,13H,3H2,1-2H3,(H,12,17). The molecule has 2 N–H and O–H groups in total. The van der Waals surface area contributed by atoms with E-state index in [2.05, 4.69) is 25.6 Å². The Balaban J connectivity index is 2.32. The molecule has 9 heteroatoms. The Bertz CT molecular complexity index is 653. The predicted octanol–water partition coefficient (Wildman–Crippen LogP) is 1.07. The zero-order valence-electron chi connectivity index (χ0n) is 10.9. The molecule has 0 bridgehead atoms. The Kier molecular flexibility index (Phi) is 3.78. The van der Waals surface area contributed by atoms with Crippen molar-refractivity contribution in [3.8, 4) is 0 Å². The number of nitro groups is 1. The lowest BCUT2D eigenvalue weighted by Crippen LogP contribution is -2.37. The summed E-state index contributed by atoms with van der Waals surface area (Å²) in [5.41, 5.74) is 0.515. The number of carbonyl (C=O) groups is 1. The van der Waals surface area contributed by atoms with Gasteiger partial charge in [0, 0.05) is 12.6 Å². The lowest BCUT2D eigenvalue weighted by molar-refractivity contribution is -0.383. The van der Waals surface area contributed by atoms with Crippen LogP contribution < -0.4 is 10.6 Å². The van der Waals surface area contributed by atoms with Gasteiger partial charge in [-0.05, 0) is 30.2 Å². The molecule has 1 aromatic carbocycles. The largest absolute Gasteiger partial charge is 0.372 e. The monoisotopic (exact) mass is 279 g/mol. The second-order valence-electron chi connectivity index (χ2n) is 4.11. The van der Waals surface area contributed by atoms with Crippen LogP contribution in [0.5, 0.6) is 0 Å². The number of rotatable bonds is 5. The van der Waals surface area contributed by atoms with Crippen LogP contribution in [0, 0.1) is 10.1 Å². The van der Waals surface area contributed by atoms with Crippen LogP contribution in [0.25, 0.3) is 11.0 Å². The molecule has 0 spiro atoms. The molecule has 1 aromatic heterocycles. The van der Waals surface area contributed by atoms with Crippen LogP contribution in [0.1, 0.15) is 13.8 Å². The minimum absolute atomic E-state index is 0.0445. The highest BCUT2D eigenvalue weighted by Crippen LogP contribution is 2.28. The van der Waals surface area contributed by atoms with Gasteiger partial charge < -0.3 is 10.6 Å². The Morgan fingerprint density at radius 2 is 2.15 bits per heavy atom. The number of benzene rings is 1. The van der Waals surface area contributed by atoms with Crippen molar-refractivity contribution in [2.24, 2.45) is 0 Å². The molecule has 1 atom stereocenters. The summed E-state index contributed by atoms with van der Waals surface area (Å²) in [5, 5.41) is 23.6. The van der Waals surface area contributed by atoms with E-state index in [4.69, 9.17) is 0 Å². The number of fused-ring (bicyclic) bond motifs is 1. The molecule has 0 aliphatic carbocycles. The van der Waals surface area contributed by atoms with Crippen LogP contribution >= 0.6 is 0 Å². The second-order valence-corrected chi connectivity index (χ2v) is 4.11. The number of nitro benzene ring substituents is 1. The van der Waals surface area contributed by atoms with E-state index in [-0.39, 0.29) is 22.6 Å². The fourth-order valence-corrected chi connectivity index (χ4v) is 1.74. The molecule has 0 saturated heterocycles. The molecule has 1 unspecified atom stereocenters. The van der Waals surface area contributed by atoms with Crippen molar-refractivity contribution in [3.05, 3.63) is 22.2 Å². The zero-order valence-corrected chi connectivity index (χ0v) is 10.9. The van der Waals surface area contributed by atoms with Gasteiger partial charge in [-0.3, -0.25) is 14.9 Å². The quantitative estimate of drug-likeness (QED) is 0.619. The highest BCUT2D eigenvalue weighted by atomic mass is 16.6. The number of hydrogen-bond donors (Lipinski definition) is 2. The molecule has 20 heavy (non-hydrogen) atoms. The number of likely N-dealkylation sites (N-methyl/N-ethyl adjacent to an activating group) is 1. The number of aromatic nitrogens is 2. The van der Waals surface area contributed by atoms with Crippen LogP contribution in [0.3, 0.4) is 0 Å². The summed E-state index contributed by atoms with van der Waals surface area (Å²) in [6.45, 7) is 4.01. The smallest absolute Gasteiger partial charge is 0.300 e. The molecule has 0 fully saturated rings. The van der Waals surface area contributed by atoms with Crippen molar-refractivity contribution >= 4 is 28.3 Å². The maximum atomic E-state index is 11.7. The first-order chi connectivity index (χ1) is 9.54. The van der Waals surface area contributed by atoms with Crippen LogP contribution in [-0.2, 0) is 4.79 Å². The maximum absolute atomic E-state index is 11.7. The maximum Gasteiger partial charge on any atom is 0.300 e. The first-order valence-electron chi connectivity index (χ1n) is 5.98.